The van der Waals surface area contributed by atoms with Gasteiger partial charge in [-0.05, 0) is 12.8 Å². The molecule has 4 rings (SSSR count). The number of aromatic nitrogens is 2. The van der Waals surface area contributed by atoms with E-state index >= 15 is 0 Å². The third-order valence-electron chi connectivity index (χ3n) is 4.27. The van der Waals surface area contributed by atoms with Crippen LogP contribution in [0.25, 0.3) is 0 Å². The lowest BCUT2D eigenvalue weighted by Crippen LogP contribution is -2.55. The zero-order chi connectivity index (χ0) is 11.4. The molecule has 1 aliphatic carbocycles. The van der Waals surface area contributed by atoms with Crippen LogP contribution in [0.1, 0.15) is 31.7 Å². The van der Waals surface area contributed by atoms with E-state index in [1.54, 1.807) is 0 Å². The van der Waals surface area contributed by atoms with Gasteiger partial charge >= 0.3 is 0 Å². The molecule has 0 amide bonds. The van der Waals surface area contributed by atoms with Crippen LogP contribution in [0.15, 0.2) is 17.6 Å². The van der Waals surface area contributed by atoms with Crippen molar-refractivity contribution >= 4 is 11.8 Å². The van der Waals surface area contributed by atoms with E-state index in [-0.39, 0.29) is 6.17 Å². The fourth-order valence-electron chi connectivity index (χ4n) is 3.53. The lowest BCUT2D eigenvalue weighted by molar-refractivity contribution is 0.176. The van der Waals surface area contributed by atoms with E-state index in [4.69, 9.17) is 5.73 Å². The summed E-state index contributed by atoms with van der Waals surface area (Å²) in [5, 5.41) is 4.18. The Labute approximate surface area is 99.5 Å². The number of rotatable bonds is 0. The molecule has 0 spiro atoms. The molecule has 3 heterocycles. The van der Waals surface area contributed by atoms with E-state index in [1.807, 2.05) is 12.5 Å². The molecule has 3 aliphatic rings. The van der Waals surface area contributed by atoms with Crippen molar-refractivity contribution in [1.82, 2.24) is 15.0 Å². The number of hydrogen-bond donors (Lipinski definition) is 2. The van der Waals surface area contributed by atoms with Crippen molar-refractivity contribution in [2.75, 3.05) is 4.90 Å². The van der Waals surface area contributed by atoms with Crippen molar-refractivity contribution < 1.29 is 0 Å². The maximum absolute atomic E-state index is 5.96. The van der Waals surface area contributed by atoms with Crippen LogP contribution in [-0.2, 0) is 0 Å². The van der Waals surface area contributed by atoms with E-state index in [1.165, 1.54) is 25.7 Å². The maximum Gasteiger partial charge on any atom is 0.221 e. The number of fused-ring (bicyclic) bond motifs is 6. The number of nitrogens with one attached hydrogen (secondary N) is 1. The average molecular weight is 232 g/mol. The van der Waals surface area contributed by atoms with Crippen LogP contribution in [0, 0.1) is 5.92 Å². The summed E-state index contributed by atoms with van der Waals surface area (Å²) in [7, 11) is 0. The summed E-state index contributed by atoms with van der Waals surface area (Å²) in [6, 6.07) is 0.552. The van der Waals surface area contributed by atoms with Crippen molar-refractivity contribution in [3.63, 3.8) is 0 Å². The first-order valence-corrected chi connectivity index (χ1v) is 6.26. The minimum atomic E-state index is 0.226. The summed E-state index contributed by atoms with van der Waals surface area (Å²) >= 11 is 0. The predicted octanol–water partition coefficient (Wildman–Crippen LogP) is 0.593. The Balaban J connectivity index is 1.85. The van der Waals surface area contributed by atoms with Crippen molar-refractivity contribution in [1.29, 1.82) is 0 Å². The normalized spacial score (nSPS) is 34.5. The second kappa shape index (κ2) is 3.15. The van der Waals surface area contributed by atoms with Crippen LogP contribution in [0.5, 0.6) is 0 Å². The molecule has 3 atom stereocenters. The van der Waals surface area contributed by atoms with Gasteiger partial charge in [0.25, 0.3) is 0 Å². The SMILES string of the molecule is NC1=NNC2C3CCCCC3n3cncc3N12. The minimum absolute atomic E-state index is 0.226. The molecule has 0 radical (unpaired) electrons. The number of anilines is 1. The van der Waals surface area contributed by atoms with Crippen LogP contribution >= 0.6 is 0 Å². The summed E-state index contributed by atoms with van der Waals surface area (Å²) in [5.41, 5.74) is 9.14. The largest absolute Gasteiger partial charge is 0.368 e. The number of guanidine groups is 1. The third kappa shape index (κ3) is 1.10. The molecular formula is C11H16N6. The van der Waals surface area contributed by atoms with Gasteiger partial charge in [-0.1, -0.05) is 12.8 Å². The molecule has 0 saturated heterocycles. The standard InChI is InChI=1S/C11H16N6/c12-11-15-14-10-7-3-1-2-4-8(7)16-6-13-5-9(16)17(10)11/h5-8,10,14H,1-4H2,(H2,12,15). The lowest BCUT2D eigenvalue weighted by Gasteiger charge is -2.45. The summed E-state index contributed by atoms with van der Waals surface area (Å²) in [6.07, 6.45) is 9.12. The number of nitrogens with zero attached hydrogens (tertiary/aromatic N) is 4. The molecule has 3 unspecified atom stereocenters. The summed E-state index contributed by atoms with van der Waals surface area (Å²) in [6.45, 7) is 0. The van der Waals surface area contributed by atoms with Crippen molar-refractivity contribution in [2.24, 2.45) is 16.8 Å². The van der Waals surface area contributed by atoms with Gasteiger partial charge in [0.1, 0.15) is 12.0 Å². The van der Waals surface area contributed by atoms with Gasteiger partial charge in [0.05, 0.1) is 12.5 Å². The molecule has 1 fully saturated rings. The van der Waals surface area contributed by atoms with Crippen LogP contribution in [0.2, 0.25) is 0 Å². The molecule has 6 nitrogen and oxygen atoms in total. The van der Waals surface area contributed by atoms with Gasteiger partial charge in [-0.25, -0.2) is 4.98 Å². The Hall–Kier alpha value is -1.72. The van der Waals surface area contributed by atoms with Crippen LogP contribution in [0.3, 0.4) is 0 Å². The molecule has 6 heteroatoms. The van der Waals surface area contributed by atoms with E-state index in [0.717, 1.165) is 5.82 Å². The van der Waals surface area contributed by atoms with Gasteiger partial charge in [-0.15, -0.1) is 5.10 Å². The van der Waals surface area contributed by atoms with E-state index < -0.39 is 0 Å². The van der Waals surface area contributed by atoms with E-state index in [2.05, 4.69) is 25.0 Å². The van der Waals surface area contributed by atoms with Crippen molar-refractivity contribution in [2.45, 2.75) is 37.9 Å². The van der Waals surface area contributed by atoms with Crippen LogP contribution in [0.4, 0.5) is 5.82 Å². The highest BCUT2D eigenvalue weighted by Crippen LogP contribution is 2.44. The molecule has 0 aromatic carbocycles. The highest BCUT2D eigenvalue weighted by molar-refractivity contribution is 5.96. The Morgan fingerprint density at radius 2 is 2.24 bits per heavy atom. The molecule has 1 aromatic rings. The highest BCUT2D eigenvalue weighted by Gasteiger charge is 2.45. The second-order valence-corrected chi connectivity index (χ2v) is 5.09. The molecule has 17 heavy (non-hydrogen) atoms. The summed E-state index contributed by atoms with van der Waals surface area (Å²) in [4.78, 5) is 6.36. The minimum Gasteiger partial charge on any atom is -0.368 e. The van der Waals surface area contributed by atoms with Gasteiger partial charge in [-0.3, -0.25) is 10.3 Å². The second-order valence-electron chi connectivity index (χ2n) is 5.09. The number of imidazole rings is 1. The summed E-state index contributed by atoms with van der Waals surface area (Å²) < 4.78 is 2.27. The van der Waals surface area contributed by atoms with Gasteiger partial charge in [0.2, 0.25) is 5.96 Å². The maximum atomic E-state index is 5.96. The average Bonchev–Trinajstić information content (AvgIpc) is 2.96. The molecule has 2 aliphatic heterocycles. The highest BCUT2D eigenvalue weighted by atomic mass is 15.6. The van der Waals surface area contributed by atoms with Crippen molar-refractivity contribution in [3.8, 4) is 0 Å². The molecule has 0 bridgehead atoms. The van der Waals surface area contributed by atoms with Gasteiger partial charge < -0.3 is 10.3 Å². The first-order valence-electron chi connectivity index (χ1n) is 6.26. The fourth-order valence-corrected chi connectivity index (χ4v) is 3.53. The van der Waals surface area contributed by atoms with Crippen molar-refractivity contribution in [3.05, 3.63) is 12.5 Å². The van der Waals surface area contributed by atoms with Gasteiger partial charge in [0, 0.05) is 12.0 Å². The van der Waals surface area contributed by atoms with Gasteiger partial charge in [-0.2, -0.15) is 0 Å². The third-order valence-corrected chi connectivity index (χ3v) is 4.27. The summed E-state index contributed by atoms with van der Waals surface area (Å²) in [5.74, 6) is 2.21. The zero-order valence-electron chi connectivity index (χ0n) is 9.58. The number of nitrogens with two attached hydrogens (primary N) is 1. The topological polar surface area (TPSA) is 71.5 Å². The molecule has 1 aromatic heterocycles. The van der Waals surface area contributed by atoms with Crippen LogP contribution in [-0.4, -0.2) is 21.7 Å². The van der Waals surface area contributed by atoms with E-state index in [0.29, 0.717) is 17.9 Å². The zero-order valence-corrected chi connectivity index (χ0v) is 9.58. The predicted molar refractivity (Wildman–Crippen MR) is 64.2 cm³/mol. The van der Waals surface area contributed by atoms with Crippen LogP contribution < -0.4 is 16.1 Å². The molecular weight excluding hydrogens is 216 g/mol. The number of hydrogen-bond acceptors (Lipinski definition) is 5. The molecule has 1 saturated carbocycles. The smallest absolute Gasteiger partial charge is 0.221 e. The number of hydrazone groups is 1. The first-order chi connectivity index (χ1) is 8.36. The van der Waals surface area contributed by atoms with E-state index in [9.17, 15) is 0 Å². The molecule has 90 valence electrons. The Kier molecular flexibility index (Phi) is 1.73. The fraction of sp³-hybridized carbons (Fsp3) is 0.636. The van der Waals surface area contributed by atoms with Gasteiger partial charge in [0.15, 0.2) is 0 Å². The quantitative estimate of drug-likeness (QED) is 0.687. The first kappa shape index (κ1) is 9.32. The lowest BCUT2D eigenvalue weighted by atomic mass is 9.80. The Morgan fingerprint density at radius 1 is 1.35 bits per heavy atom. The molecule has 3 N–H and O–H groups in total. The Bertz CT molecular complexity index is 478. The Morgan fingerprint density at radius 3 is 3.18 bits per heavy atom. The monoisotopic (exact) mass is 232 g/mol.